The number of aromatic nitrogens is 1. The molecule has 0 aromatic carbocycles. The smallest absolute Gasteiger partial charge is 0.255 e. The van der Waals surface area contributed by atoms with E-state index in [1.165, 1.54) is 12.3 Å². The van der Waals surface area contributed by atoms with Crippen LogP contribution >= 0.6 is 0 Å². The number of carbonyl (C=O) groups excluding carboxylic acids is 1. The second-order valence-corrected chi connectivity index (χ2v) is 4.97. The second-order valence-electron chi connectivity index (χ2n) is 4.97. The Morgan fingerprint density at radius 1 is 1.43 bits per heavy atom. The molecule has 2 rings (SSSR count). The van der Waals surface area contributed by atoms with Gasteiger partial charge in [-0.1, -0.05) is 0 Å². The van der Waals surface area contributed by atoms with E-state index in [2.05, 4.69) is 4.98 Å². The van der Waals surface area contributed by atoms with E-state index in [4.69, 9.17) is 10.4 Å². The van der Waals surface area contributed by atoms with E-state index >= 15 is 0 Å². The minimum absolute atomic E-state index is 0.0280. The Kier molecular flexibility index (Phi) is 5.22. The molecule has 0 spiro atoms. The molecule has 112 valence electrons. The van der Waals surface area contributed by atoms with Crippen molar-refractivity contribution < 1.29 is 15.0 Å². The van der Waals surface area contributed by atoms with E-state index in [1.54, 1.807) is 11.0 Å². The highest BCUT2D eigenvalue weighted by atomic mass is 16.3. The summed E-state index contributed by atoms with van der Waals surface area (Å²) in [5, 5.41) is 27.6. The molecule has 0 aliphatic carbocycles. The minimum atomic E-state index is -0.644. The van der Waals surface area contributed by atoms with Crippen LogP contribution in [0.2, 0.25) is 0 Å². The highest BCUT2D eigenvalue weighted by Crippen LogP contribution is 2.09. The first-order chi connectivity index (χ1) is 10.1. The van der Waals surface area contributed by atoms with Gasteiger partial charge in [0.05, 0.1) is 18.3 Å². The Morgan fingerprint density at radius 2 is 2.24 bits per heavy atom. The van der Waals surface area contributed by atoms with Gasteiger partial charge in [0.15, 0.2) is 0 Å². The predicted octanol–water partition coefficient (Wildman–Crippen LogP) is -0.936. The lowest BCUT2D eigenvalue weighted by Crippen LogP contribution is -2.37. The van der Waals surface area contributed by atoms with Gasteiger partial charge < -0.3 is 15.1 Å². The molecule has 1 amide bonds. The summed E-state index contributed by atoms with van der Waals surface area (Å²) in [6, 6.07) is 4.97. The maximum absolute atomic E-state index is 12.4. The lowest BCUT2D eigenvalue weighted by molar-refractivity contribution is 0.0660. The van der Waals surface area contributed by atoms with Crippen molar-refractivity contribution in [2.45, 2.75) is 6.10 Å². The van der Waals surface area contributed by atoms with E-state index in [-0.39, 0.29) is 24.8 Å². The van der Waals surface area contributed by atoms with Crippen molar-refractivity contribution in [3.8, 4) is 6.07 Å². The van der Waals surface area contributed by atoms with Crippen molar-refractivity contribution in [1.29, 1.82) is 5.26 Å². The standard InChI is InChI=1S/C14H18N4O3/c15-7-12-2-1-11(8-16-12)14(21)18-4-3-17(5-6-19)9-13(20)10-18/h1-2,8,13,19-20H,3-6,9-10H2/t13-/m1/s1. The summed E-state index contributed by atoms with van der Waals surface area (Å²) in [5.74, 6) is -0.211. The van der Waals surface area contributed by atoms with Crippen LogP contribution in [0.25, 0.3) is 0 Å². The SMILES string of the molecule is N#Cc1ccc(C(=O)N2CCN(CCO)C[C@@H](O)C2)cn1. The zero-order chi connectivity index (χ0) is 15.2. The molecule has 1 atom stereocenters. The normalized spacial score (nSPS) is 19.9. The number of nitrogens with zero attached hydrogens (tertiary/aromatic N) is 4. The number of aliphatic hydroxyl groups excluding tert-OH is 2. The van der Waals surface area contributed by atoms with E-state index in [0.29, 0.717) is 31.7 Å². The number of hydrogen-bond acceptors (Lipinski definition) is 6. The highest BCUT2D eigenvalue weighted by molar-refractivity contribution is 5.94. The Morgan fingerprint density at radius 3 is 2.86 bits per heavy atom. The Balaban J connectivity index is 2.06. The molecule has 0 saturated carbocycles. The summed E-state index contributed by atoms with van der Waals surface area (Å²) in [6.45, 7) is 2.29. The first-order valence-corrected chi connectivity index (χ1v) is 6.80. The summed E-state index contributed by atoms with van der Waals surface area (Å²) < 4.78 is 0. The third-order valence-corrected chi connectivity index (χ3v) is 3.41. The number of aliphatic hydroxyl groups is 2. The first kappa shape index (κ1) is 15.4. The van der Waals surface area contributed by atoms with E-state index in [9.17, 15) is 9.90 Å². The molecule has 0 bridgehead atoms. The molecule has 1 aliphatic rings. The van der Waals surface area contributed by atoms with Gasteiger partial charge in [-0.05, 0) is 12.1 Å². The van der Waals surface area contributed by atoms with Crippen LogP contribution in [0.5, 0.6) is 0 Å². The predicted molar refractivity (Wildman–Crippen MR) is 74.4 cm³/mol. The molecular formula is C14H18N4O3. The summed E-state index contributed by atoms with van der Waals surface area (Å²) in [6.07, 6.45) is 0.734. The third kappa shape index (κ3) is 3.98. The van der Waals surface area contributed by atoms with Crippen molar-refractivity contribution in [2.75, 3.05) is 39.3 Å². The van der Waals surface area contributed by atoms with Crippen LogP contribution in [0.3, 0.4) is 0 Å². The number of nitriles is 1. The molecule has 0 radical (unpaired) electrons. The van der Waals surface area contributed by atoms with Gasteiger partial charge in [0.1, 0.15) is 11.8 Å². The van der Waals surface area contributed by atoms with E-state index in [1.807, 2.05) is 11.0 Å². The van der Waals surface area contributed by atoms with Crippen LogP contribution in [-0.2, 0) is 0 Å². The molecule has 2 N–H and O–H groups in total. The van der Waals surface area contributed by atoms with Crippen LogP contribution in [0.1, 0.15) is 16.1 Å². The number of amides is 1. The number of rotatable bonds is 3. The van der Waals surface area contributed by atoms with Crippen molar-refractivity contribution in [1.82, 2.24) is 14.8 Å². The summed E-state index contributed by atoms with van der Waals surface area (Å²) in [4.78, 5) is 19.8. The minimum Gasteiger partial charge on any atom is -0.395 e. The van der Waals surface area contributed by atoms with E-state index in [0.717, 1.165) is 0 Å². The van der Waals surface area contributed by atoms with Crippen LogP contribution in [0, 0.1) is 11.3 Å². The first-order valence-electron chi connectivity index (χ1n) is 6.80. The topological polar surface area (TPSA) is 101 Å². The molecule has 1 fully saturated rings. The van der Waals surface area contributed by atoms with Crippen molar-refractivity contribution in [3.05, 3.63) is 29.6 Å². The fourth-order valence-electron chi connectivity index (χ4n) is 2.35. The van der Waals surface area contributed by atoms with Crippen molar-refractivity contribution >= 4 is 5.91 Å². The molecule has 21 heavy (non-hydrogen) atoms. The number of carbonyl (C=O) groups is 1. The Bertz CT molecular complexity index is 526. The zero-order valence-corrected chi connectivity index (χ0v) is 11.6. The molecular weight excluding hydrogens is 272 g/mol. The second kappa shape index (κ2) is 7.13. The summed E-state index contributed by atoms with van der Waals surface area (Å²) in [7, 11) is 0. The van der Waals surface area contributed by atoms with Gasteiger partial charge in [-0.15, -0.1) is 0 Å². The molecule has 1 aliphatic heterocycles. The van der Waals surface area contributed by atoms with Gasteiger partial charge in [-0.3, -0.25) is 9.69 Å². The average Bonchev–Trinajstić information content (AvgIpc) is 2.68. The lowest BCUT2D eigenvalue weighted by atomic mass is 10.2. The van der Waals surface area contributed by atoms with Gasteiger partial charge in [-0.2, -0.15) is 5.26 Å². The molecule has 1 aromatic heterocycles. The van der Waals surface area contributed by atoms with Gasteiger partial charge in [-0.25, -0.2) is 4.98 Å². The largest absolute Gasteiger partial charge is 0.395 e. The molecule has 0 unspecified atom stereocenters. The molecule has 2 heterocycles. The maximum Gasteiger partial charge on any atom is 0.255 e. The quantitative estimate of drug-likeness (QED) is 0.745. The van der Waals surface area contributed by atoms with Crippen LogP contribution in [0.15, 0.2) is 18.3 Å². The van der Waals surface area contributed by atoms with Crippen LogP contribution in [0.4, 0.5) is 0 Å². The van der Waals surface area contributed by atoms with Crippen LogP contribution in [-0.4, -0.2) is 76.3 Å². The monoisotopic (exact) mass is 290 g/mol. The van der Waals surface area contributed by atoms with E-state index < -0.39 is 6.10 Å². The lowest BCUT2D eigenvalue weighted by Gasteiger charge is -2.21. The maximum atomic E-state index is 12.4. The third-order valence-electron chi connectivity index (χ3n) is 3.41. The molecule has 7 heteroatoms. The fraction of sp³-hybridized carbons (Fsp3) is 0.500. The molecule has 7 nitrogen and oxygen atoms in total. The molecule has 1 saturated heterocycles. The number of pyridine rings is 1. The van der Waals surface area contributed by atoms with Crippen molar-refractivity contribution in [3.63, 3.8) is 0 Å². The fourth-order valence-corrected chi connectivity index (χ4v) is 2.35. The van der Waals surface area contributed by atoms with Gasteiger partial charge in [0.25, 0.3) is 5.91 Å². The van der Waals surface area contributed by atoms with Gasteiger partial charge in [0.2, 0.25) is 0 Å². The highest BCUT2D eigenvalue weighted by Gasteiger charge is 2.25. The Hall–Kier alpha value is -2.01. The van der Waals surface area contributed by atoms with Gasteiger partial charge in [0, 0.05) is 38.9 Å². The van der Waals surface area contributed by atoms with Crippen molar-refractivity contribution in [2.24, 2.45) is 0 Å². The Labute approximate surface area is 123 Å². The van der Waals surface area contributed by atoms with Crippen LogP contribution < -0.4 is 0 Å². The average molecular weight is 290 g/mol. The zero-order valence-electron chi connectivity index (χ0n) is 11.6. The van der Waals surface area contributed by atoms with Gasteiger partial charge >= 0.3 is 0 Å². The number of hydrogen-bond donors (Lipinski definition) is 2. The molecule has 1 aromatic rings. The summed E-state index contributed by atoms with van der Waals surface area (Å²) >= 11 is 0. The summed E-state index contributed by atoms with van der Waals surface area (Å²) in [5.41, 5.74) is 0.661. The number of β-amino-alcohol motifs (C(OH)–C–C–N with tert-alkyl or cyclic N) is 2.